The van der Waals surface area contributed by atoms with Crippen LogP contribution >= 0.6 is 11.6 Å². The molecule has 0 bridgehead atoms. The highest BCUT2D eigenvalue weighted by atomic mass is 35.5. The summed E-state index contributed by atoms with van der Waals surface area (Å²) in [6, 6.07) is 1.51. The van der Waals surface area contributed by atoms with Crippen LogP contribution in [0.15, 0.2) is 23.3 Å². The first-order chi connectivity index (χ1) is 7.49. The van der Waals surface area contributed by atoms with Gasteiger partial charge in [0.05, 0.1) is 5.02 Å². The normalized spacial score (nSPS) is 10.3. The molecule has 0 spiro atoms. The molecule has 0 fully saturated rings. The van der Waals surface area contributed by atoms with Gasteiger partial charge < -0.3 is 16.6 Å². The van der Waals surface area contributed by atoms with E-state index in [1.54, 1.807) is 0 Å². The Hall–Kier alpha value is -2.08. The van der Waals surface area contributed by atoms with Crippen LogP contribution in [-0.4, -0.2) is 22.0 Å². The number of nitrogens with zero attached hydrogens (tertiary/aromatic N) is 2. The lowest BCUT2D eigenvalue weighted by Gasteiger charge is -1.99. The van der Waals surface area contributed by atoms with Gasteiger partial charge in [-0.05, 0) is 17.7 Å². The lowest BCUT2D eigenvalue weighted by molar-refractivity contribution is -0.131. The minimum absolute atomic E-state index is 0.150. The first kappa shape index (κ1) is 12.0. The predicted molar refractivity (Wildman–Crippen MR) is 61.4 cm³/mol. The van der Waals surface area contributed by atoms with Gasteiger partial charge in [-0.3, -0.25) is 0 Å². The highest BCUT2D eigenvalue weighted by Crippen LogP contribution is 2.22. The Morgan fingerprint density at radius 1 is 1.56 bits per heavy atom. The number of carboxylic acids is 1. The summed E-state index contributed by atoms with van der Waals surface area (Å²) in [5, 5.41) is 8.66. The van der Waals surface area contributed by atoms with Crippen LogP contribution in [0.5, 0.6) is 0 Å². The molecule has 84 valence electrons. The molecule has 16 heavy (non-hydrogen) atoms. The molecule has 0 aliphatic carbocycles. The van der Waals surface area contributed by atoms with Gasteiger partial charge in [0.1, 0.15) is 0 Å². The van der Waals surface area contributed by atoms with Crippen molar-refractivity contribution >= 4 is 35.4 Å². The van der Waals surface area contributed by atoms with Crippen molar-refractivity contribution in [3.63, 3.8) is 0 Å². The van der Waals surface area contributed by atoms with Gasteiger partial charge in [-0.15, -0.1) is 0 Å². The van der Waals surface area contributed by atoms with E-state index in [-0.39, 0.29) is 16.8 Å². The summed E-state index contributed by atoms with van der Waals surface area (Å²) in [6.07, 6.45) is 3.75. The van der Waals surface area contributed by atoms with Gasteiger partial charge in [0.2, 0.25) is 0 Å². The van der Waals surface area contributed by atoms with Crippen LogP contribution in [0.25, 0.3) is 6.08 Å². The van der Waals surface area contributed by atoms with Crippen molar-refractivity contribution in [1.29, 1.82) is 0 Å². The molecule has 1 heterocycles. The van der Waals surface area contributed by atoms with Crippen LogP contribution in [-0.2, 0) is 4.79 Å². The molecule has 0 unspecified atom stereocenters. The second-order valence-corrected chi connectivity index (χ2v) is 3.19. The zero-order valence-corrected chi connectivity index (χ0v) is 8.85. The second-order valence-electron chi connectivity index (χ2n) is 2.78. The zero-order valence-electron chi connectivity index (χ0n) is 8.09. The van der Waals surface area contributed by atoms with Gasteiger partial charge in [-0.2, -0.15) is 4.99 Å². The summed E-state index contributed by atoms with van der Waals surface area (Å²) in [4.78, 5) is 17.8. The van der Waals surface area contributed by atoms with E-state index in [2.05, 4.69) is 9.98 Å². The van der Waals surface area contributed by atoms with Gasteiger partial charge in [0, 0.05) is 12.3 Å². The Kier molecular flexibility index (Phi) is 3.84. The number of halogens is 1. The molecule has 1 aromatic heterocycles. The van der Waals surface area contributed by atoms with E-state index >= 15 is 0 Å². The quantitative estimate of drug-likeness (QED) is 0.409. The lowest BCUT2D eigenvalue weighted by atomic mass is 10.2. The van der Waals surface area contributed by atoms with Crippen molar-refractivity contribution < 1.29 is 9.90 Å². The number of aliphatic imine (C=N–C) groups is 1. The molecule has 0 aliphatic heterocycles. The molecule has 0 radical (unpaired) electrons. The third-order valence-electron chi connectivity index (χ3n) is 1.50. The number of rotatable bonds is 3. The number of aliphatic carboxylic acids is 1. The van der Waals surface area contributed by atoms with Crippen LogP contribution in [0.4, 0.5) is 5.82 Å². The fraction of sp³-hybridized carbons (Fsp3) is 0. The SMILES string of the molecule is NC(N)=Nc1ncc(/C=C/C(=O)O)cc1Cl. The van der Waals surface area contributed by atoms with Crippen molar-refractivity contribution in [3.05, 3.63) is 28.9 Å². The highest BCUT2D eigenvalue weighted by molar-refractivity contribution is 6.32. The number of hydrogen-bond donors (Lipinski definition) is 3. The van der Waals surface area contributed by atoms with Crippen LogP contribution in [0.1, 0.15) is 5.56 Å². The number of carboxylic acid groups (broad SMARTS) is 1. The van der Waals surface area contributed by atoms with E-state index in [0.717, 1.165) is 6.08 Å². The van der Waals surface area contributed by atoms with E-state index in [4.69, 9.17) is 28.2 Å². The van der Waals surface area contributed by atoms with Gasteiger partial charge in [0.25, 0.3) is 0 Å². The fourth-order valence-electron chi connectivity index (χ4n) is 0.909. The Morgan fingerprint density at radius 3 is 2.75 bits per heavy atom. The first-order valence-electron chi connectivity index (χ1n) is 4.15. The topological polar surface area (TPSA) is 115 Å². The Bertz CT molecular complexity index is 467. The first-order valence-corrected chi connectivity index (χ1v) is 4.53. The maximum absolute atomic E-state index is 10.3. The van der Waals surface area contributed by atoms with Crippen LogP contribution in [0, 0.1) is 0 Å². The number of carbonyl (C=O) groups is 1. The number of nitrogens with two attached hydrogens (primary N) is 2. The standard InChI is InChI=1S/C9H9ClN4O2/c10-6-3-5(1-2-7(15)16)4-13-8(6)14-9(11)12/h1-4H,(H,15,16)(H4,11,12,13,14)/b2-1+. The van der Waals surface area contributed by atoms with Gasteiger partial charge >= 0.3 is 5.97 Å². The van der Waals surface area contributed by atoms with Crippen molar-refractivity contribution in [2.45, 2.75) is 0 Å². The zero-order chi connectivity index (χ0) is 12.1. The van der Waals surface area contributed by atoms with Crippen LogP contribution in [0.3, 0.4) is 0 Å². The van der Waals surface area contributed by atoms with Crippen molar-refractivity contribution in [1.82, 2.24) is 4.98 Å². The summed E-state index contributed by atoms with van der Waals surface area (Å²) in [7, 11) is 0. The summed E-state index contributed by atoms with van der Waals surface area (Å²) in [5.74, 6) is -1.01. The van der Waals surface area contributed by atoms with Crippen molar-refractivity contribution in [3.8, 4) is 0 Å². The molecule has 0 aliphatic rings. The maximum Gasteiger partial charge on any atom is 0.328 e. The smallest absolute Gasteiger partial charge is 0.328 e. The molecule has 0 saturated heterocycles. The molecule has 0 saturated carbocycles. The highest BCUT2D eigenvalue weighted by Gasteiger charge is 2.01. The summed E-state index contributed by atoms with van der Waals surface area (Å²) in [6.45, 7) is 0. The number of hydrogen-bond acceptors (Lipinski definition) is 3. The Morgan fingerprint density at radius 2 is 2.25 bits per heavy atom. The van der Waals surface area contributed by atoms with Crippen molar-refractivity contribution in [2.24, 2.45) is 16.5 Å². The monoisotopic (exact) mass is 240 g/mol. The van der Waals surface area contributed by atoms with E-state index in [1.165, 1.54) is 18.3 Å². The molecule has 5 N–H and O–H groups in total. The Labute approximate surface area is 96.3 Å². The average Bonchev–Trinajstić information content (AvgIpc) is 2.18. The van der Waals surface area contributed by atoms with Crippen molar-refractivity contribution in [2.75, 3.05) is 0 Å². The number of guanidine groups is 1. The molecule has 7 heteroatoms. The Balaban J connectivity index is 3.00. The van der Waals surface area contributed by atoms with E-state index < -0.39 is 5.97 Å². The average molecular weight is 241 g/mol. The number of pyridine rings is 1. The third-order valence-corrected chi connectivity index (χ3v) is 1.77. The summed E-state index contributed by atoms with van der Waals surface area (Å²) in [5.41, 5.74) is 10.9. The predicted octanol–water partition coefficient (Wildman–Crippen LogP) is 0.738. The molecular weight excluding hydrogens is 232 g/mol. The lowest BCUT2D eigenvalue weighted by Crippen LogP contribution is -2.22. The molecular formula is C9H9ClN4O2. The largest absolute Gasteiger partial charge is 0.478 e. The fourth-order valence-corrected chi connectivity index (χ4v) is 1.13. The minimum Gasteiger partial charge on any atom is -0.478 e. The third kappa shape index (κ3) is 3.58. The number of aromatic nitrogens is 1. The maximum atomic E-state index is 10.3. The molecule has 1 aromatic rings. The van der Waals surface area contributed by atoms with Gasteiger partial charge in [-0.25, -0.2) is 9.78 Å². The van der Waals surface area contributed by atoms with Gasteiger partial charge in [0.15, 0.2) is 11.8 Å². The second kappa shape index (κ2) is 5.13. The molecule has 0 amide bonds. The van der Waals surface area contributed by atoms with E-state index in [0.29, 0.717) is 5.56 Å². The van der Waals surface area contributed by atoms with Gasteiger partial charge in [-0.1, -0.05) is 11.6 Å². The van der Waals surface area contributed by atoms with E-state index in [1.807, 2.05) is 0 Å². The van der Waals surface area contributed by atoms with E-state index in [9.17, 15) is 4.79 Å². The molecule has 1 rings (SSSR count). The molecule has 6 nitrogen and oxygen atoms in total. The summed E-state index contributed by atoms with van der Waals surface area (Å²) >= 11 is 5.83. The molecule has 0 aromatic carbocycles. The van der Waals surface area contributed by atoms with Crippen LogP contribution < -0.4 is 11.5 Å². The summed E-state index contributed by atoms with van der Waals surface area (Å²) < 4.78 is 0. The van der Waals surface area contributed by atoms with Crippen LogP contribution in [0.2, 0.25) is 5.02 Å². The minimum atomic E-state index is -1.05. The molecule has 0 atom stereocenters.